The summed E-state index contributed by atoms with van der Waals surface area (Å²) in [4.78, 5) is 62.9. The van der Waals surface area contributed by atoms with Crippen molar-refractivity contribution in [2.75, 3.05) is 93.6 Å². The van der Waals surface area contributed by atoms with Crippen molar-refractivity contribution >= 4 is 39.1 Å². The van der Waals surface area contributed by atoms with E-state index in [2.05, 4.69) is 31.9 Å². The van der Waals surface area contributed by atoms with Crippen molar-refractivity contribution < 1.29 is 56.2 Å². The van der Waals surface area contributed by atoms with Crippen molar-refractivity contribution in [2.24, 2.45) is 0 Å². The van der Waals surface area contributed by atoms with E-state index < -0.39 is 33.1 Å². The van der Waals surface area contributed by atoms with Crippen LogP contribution in [0.2, 0.25) is 6.04 Å². The van der Waals surface area contributed by atoms with Gasteiger partial charge >= 0.3 is 39.1 Å². The molecule has 2 aliphatic rings. The van der Waals surface area contributed by atoms with Crippen molar-refractivity contribution in [3.05, 3.63) is 0 Å². The highest BCUT2D eigenvalue weighted by Crippen LogP contribution is 2.17. The van der Waals surface area contributed by atoms with E-state index in [1.807, 2.05) is 0 Å². The highest BCUT2D eigenvalue weighted by molar-refractivity contribution is 6.60. The Morgan fingerprint density at radius 3 is 1.22 bits per heavy atom. The highest BCUT2D eigenvalue weighted by Gasteiger charge is 2.36. The molecule has 58 heavy (non-hydrogen) atoms. The van der Waals surface area contributed by atoms with E-state index in [0.717, 1.165) is 102 Å². The maximum atomic E-state index is 13.1. The third-order valence-corrected chi connectivity index (χ3v) is 12.4. The quantitative estimate of drug-likeness (QED) is 0.0297. The average Bonchev–Trinajstić information content (AvgIpc) is 4.17. The predicted octanol–water partition coefficient (Wildman–Crippen LogP) is 4.38. The second-order valence-corrected chi connectivity index (χ2v) is 17.6. The Labute approximate surface area is 346 Å². The Hall–Kier alpha value is -3.43. The number of nitrogens with one attached hydrogen (secondary N) is 6. The van der Waals surface area contributed by atoms with Gasteiger partial charge in [0.1, 0.15) is 25.4 Å². The van der Waals surface area contributed by atoms with E-state index in [4.69, 9.17) is 32.2 Å². The smallest absolute Gasteiger partial charge is 0.447 e. The molecule has 0 radical (unpaired) electrons. The molecule has 2 fully saturated rings. The number of epoxide rings is 2. The topological polar surface area (TPSA) is 232 Å². The van der Waals surface area contributed by atoms with E-state index in [-0.39, 0.29) is 38.0 Å². The van der Waals surface area contributed by atoms with Crippen LogP contribution in [0.4, 0.5) is 24.0 Å². The van der Waals surface area contributed by atoms with Crippen LogP contribution in [0.15, 0.2) is 0 Å². The van der Waals surface area contributed by atoms with E-state index in [1.165, 1.54) is 4.90 Å². The number of ether oxygens (including phenoxy) is 4. The van der Waals surface area contributed by atoms with Gasteiger partial charge in [-0.1, -0.05) is 51.4 Å². The molecular weight excluding hydrogens is 775 g/mol. The van der Waals surface area contributed by atoms with Crippen molar-refractivity contribution in [3.63, 3.8) is 0 Å². The Morgan fingerprint density at radius 1 is 0.500 bits per heavy atom. The van der Waals surface area contributed by atoms with E-state index in [0.29, 0.717) is 58.9 Å². The molecule has 19 nitrogen and oxygen atoms in total. The summed E-state index contributed by atoms with van der Waals surface area (Å²) in [6.45, 7) is 5.15. The lowest BCUT2D eigenvalue weighted by Gasteiger charge is -2.24. The first-order chi connectivity index (χ1) is 28.2. The molecule has 20 heteroatoms. The Bertz CT molecular complexity index is 1080. The number of unbranched alkanes of at least 4 members (excludes halogenated alkanes) is 12. The summed E-state index contributed by atoms with van der Waals surface area (Å²) >= 11 is 0. The third-order valence-electron chi connectivity index (χ3n) is 9.62. The third kappa shape index (κ3) is 26.5. The summed E-state index contributed by atoms with van der Waals surface area (Å²) in [5.41, 5.74) is 0. The van der Waals surface area contributed by atoms with Crippen LogP contribution < -0.4 is 31.9 Å². The number of hydrogen-bond acceptors (Lipinski definition) is 12. The number of carbonyl (C=O) groups is 5. The molecule has 0 spiro atoms. The highest BCUT2D eigenvalue weighted by atomic mass is 28.4. The standard InChI is InChI=1S/C38H73N7O12Si/c1-51-58(52-2,53-3)27-19-11-9-13-21-40-34(46)39-20-12-8-10-18-26-45(35(47)41-22-14-4-6-16-24-43-37(49)56-30-32-28-54-32)36(48)42-23-15-5-7-17-25-44-38(50)57-31-33-29-55-33/h32-33H,4-31H2,1-3H3,(H,41,47)(H,42,48)(H,43,49)(H,44,50)(H2,39,40,46). The molecule has 0 bridgehead atoms. The molecule has 8 amide bonds. The minimum atomic E-state index is -2.52. The number of nitrogens with zero attached hydrogens (tertiary/aromatic N) is 1. The molecule has 0 aliphatic carbocycles. The number of rotatable bonds is 35. The van der Waals surface area contributed by atoms with Crippen LogP contribution in [-0.2, 0) is 32.2 Å². The first kappa shape index (κ1) is 50.7. The summed E-state index contributed by atoms with van der Waals surface area (Å²) < 4.78 is 36.5. The predicted molar refractivity (Wildman–Crippen MR) is 219 cm³/mol. The molecule has 0 aromatic heterocycles. The second kappa shape index (κ2) is 32.4. The van der Waals surface area contributed by atoms with Crippen LogP contribution in [0.1, 0.15) is 103 Å². The fraction of sp³-hybridized carbons (Fsp3) is 0.868. The van der Waals surface area contributed by atoms with Gasteiger partial charge in [0.15, 0.2) is 0 Å². The Morgan fingerprint density at radius 2 is 0.845 bits per heavy atom. The normalized spacial score (nSPS) is 15.5. The minimum absolute atomic E-state index is 0.0368. The van der Waals surface area contributed by atoms with Crippen molar-refractivity contribution in [1.82, 2.24) is 36.8 Å². The molecule has 0 aromatic rings. The number of amides is 8. The summed E-state index contributed by atoms with van der Waals surface area (Å²) in [7, 11) is 2.33. The van der Waals surface area contributed by atoms with Crippen LogP contribution >= 0.6 is 0 Å². The second-order valence-electron chi connectivity index (χ2n) is 14.5. The lowest BCUT2D eigenvalue weighted by molar-refractivity contribution is 0.122. The molecular formula is C38H73N7O12Si. The monoisotopic (exact) mass is 848 g/mol. The zero-order valence-electron chi connectivity index (χ0n) is 35.3. The van der Waals surface area contributed by atoms with Crippen LogP contribution in [0, 0.1) is 0 Å². The zero-order valence-corrected chi connectivity index (χ0v) is 36.3. The number of hydrogen-bond donors (Lipinski definition) is 6. The molecule has 6 N–H and O–H groups in total. The van der Waals surface area contributed by atoms with Crippen LogP contribution in [0.3, 0.4) is 0 Å². The SMILES string of the molecule is CO[Si](CCCCCCNC(=O)NCCCCCCN(C(=O)NCCCCCCNC(=O)OCC1CO1)C(=O)NCCCCCCNC(=O)OCC1CO1)(OC)OC. The van der Waals surface area contributed by atoms with Crippen molar-refractivity contribution in [3.8, 4) is 0 Å². The molecule has 2 atom stereocenters. The average molecular weight is 848 g/mol. The van der Waals surface area contributed by atoms with Gasteiger partial charge in [0.25, 0.3) is 0 Å². The van der Waals surface area contributed by atoms with Crippen LogP contribution in [0.25, 0.3) is 0 Å². The summed E-state index contributed by atoms with van der Waals surface area (Å²) in [5.74, 6) is 0. The van der Waals surface area contributed by atoms with Crippen molar-refractivity contribution in [1.29, 1.82) is 0 Å². The molecule has 0 saturated carbocycles. The minimum Gasteiger partial charge on any atom is -0.447 e. The van der Waals surface area contributed by atoms with Crippen LogP contribution in [0.5, 0.6) is 0 Å². The first-order valence-corrected chi connectivity index (χ1v) is 23.2. The summed E-state index contributed by atoms with van der Waals surface area (Å²) in [5, 5.41) is 17.0. The van der Waals surface area contributed by atoms with Gasteiger partial charge in [-0.3, -0.25) is 0 Å². The van der Waals surface area contributed by atoms with Gasteiger partial charge in [0, 0.05) is 73.2 Å². The Balaban J connectivity index is 1.58. The number of imide groups is 1. The van der Waals surface area contributed by atoms with Gasteiger partial charge in [-0.25, -0.2) is 28.9 Å². The Kier molecular flexibility index (Phi) is 28.3. The molecule has 2 unspecified atom stereocenters. The number of carbonyl (C=O) groups excluding carboxylic acids is 5. The van der Waals surface area contributed by atoms with Gasteiger partial charge in [-0.05, 0) is 51.4 Å². The van der Waals surface area contributed by atoms with Gasteiger partial charge in [0.05, 0.1) is 13.2 Å². The van der Waals surface area contributed by atoms with Crippen LogP contribution in [-0.4, -0.2) is 150 Å². The number of urea groups is 3. The van der Waals surface area contributed by atoms with Gasteiger partial charge in [-0.15, -0.1) is 0 Å². The fourth-order valence-electron chi connectivity index (χ4n) is 5.82. The van der Waals surface area contributed by atoms with Gasteiger partial charge < -0.3 is 64.1 Å². The largest absolute Gasteiger partial charge is 0.500 e. The zero-order chi connectivity index (χ0) is 42.1. The van der Waals surface area contributed by atoms with Crippen molar-refractivity contribution in [2.45, 2.75) is 121 Å². The molecule has 0 aromatic carbocycles. The molecule has 2 saturated heterocycles. The first-order valence-electron chi connectivity index (χ1n) is 21.3. The van der Waals surface area contributed by atoms with E-state index >= 15 is 0 Å². The van der Waals surface area contributed by atoms with E-state index in [9.17, 15) is 24.0 Å². The lowest BCUT2D eigenvalue weighted by Crippen LogP contribution is -2.49. The molecule has 2 rings (SSSR count). The molecule has 336 valence electrons. The summed E-state index contributed by atoms with van der Waals surface area (Å²) in [6.07, 6.45) is 12.6. The lowest BCUT2D eigenvalue weighted by atomic mass is 10.2. The molecule has 2 aliphatic heterocycles. The fourth-order valence-corrected chi connectivity index (χ4v) is 7.62. The molecule has 2 heterocycles. The van der Waals surface area contributed by atoms with E-state index in [1.54, 1.807) is 21.3 Å². The van der Waals surface area contributed by atoms with Gasteiger partial charge in [0.2, 0.25) is 0 Å². The summed E-state index contributed by atoms with van der Waals surface area (Å²) in [6, 6.07) is -0.276. The maximum Gasteiger partial charge on any atom is 0.500 e. The number of alkyl carbamates (subject to hydrolysis) is 2. The maximum absolute atomic E-state index is 13.1. The van der Waals surface area contributed by atoms with Gasteiger partial charge in [-0.2, -0.15) is 0 Å².